The minimum atomic E-state index is -4.52. The predicted octanol–water partition coefficient (Wildman–Crippen LogP) is 0.827. The second-order valence-electron chi connectivity index (χ2n) is 2.87. The molecule has 0 saturated carbocycles. The molecule has 0 aliphatic rings. The van der Waals surface area contributed by atoms with Crippen LogP contribution in [0, 0.1) is 0 Å². The normalized spacial score (nSPS) is 11.1. The third kappa shape index (κ3) is 3.61. The number of carbonyl (C=O) groups excluding carboxylic acids is 1. The molecule has 1 N–H and O–H groups in total. The molecule has 6 nitrogen and oxygen atoms in total. The van der Waals surface area contributed by atoms with Crippen molar-refractivity contribution in [1.82, 2.24) is 0 Å². The van der Waals surface area contributed by atoms with Crippen molar-refractivity contribution < 1.29 is 26.7 Å². The Morgan fingerprint density at radius 3 is 2.62 bits per heavy atom. The van der Waals surface area contributed by atoms with Gasteiger partial charge < -0.3 is 4.74 Å². The lowest BCUT2D eigenvalue weighted by atomic mass is 10.1. The zero-order valence-electron chi connectivity index (χ0n) is 8.41. The van der Waals surface area contributed by atoms with Crippen LogP contribution < -0.4 is 4.74 Å². The van der Waals surface area contributed by atoms with E-state index in [2.05, 4.69) is 4.18 Å². The predicted molar refractivity (Wildman–Crippen MR) is 54.7 cm³/mol. The Bertz CT molecular complexity index is 479. The van der Waals surface area contributed by atoms with Crippen LogP contribution in [0.15, 0.2) is 18.2 Å². The zero-order valence-corrected chi connectivity index (χ0v) is 9.23. The first-order valence-electron chi connectivity index (χ1n) is 4.20. The van der Waals surface area contributed by atoms with E-state index in [0.717, 1.165) is 0 Å². The van der Waals surface area contributed by atoms with Crippen molar-refractivity contribution in [2.45, 2.75) is 6.61 Å². The van der Waals surface area contributed by atoms with Crippen molar-refractivity contribution in [3.63, 3.8) is 0 Å². The lowest BCUT2D eigenvalue weighted by Crippen LogP contribution is -2.05. The highest BCUT2D eigenvalue weighted by Gasteiger charge is 2.09. The summed E-state index contributed by atoms with van der Waals surface area (Å²) in [6.45, 7) is -0.426. The van der Waals surface area contributed by atoms with Crippen LogP contribution in [0.3, 0.4) is 0 Å². The number of hydrogen-bond acceptors (Lipinski definition) is 5. The molecule has 0 unspecified atom stereocenters. The lowest BCUT2D eigenvalue weighted by Gasteiger charge is -2.06. The molecule has 0 heterocycles. The van der Waals surface area contributed by atoms with E-state index in [1.807, 2.05) is 0 Å². The molecule has 0 amide bonds. The van der Waals surface area contributed by atoms with E-state index in [0.29, 0.717) is 17.6 Å². The quantitative estimate of drug-likeness (QED) is 0.611. The Morgan fingerprint density at radius 2 is 2.12 bits per heavy atom. The number of aldehydes is 1. The maximum Gasteiger partial charge on any atom is 0.397 e. The Hall–Kier alpha value is -1.44. The fourth-order valence-electron chi connectivity index (χ4n) is 1.09. The Labute approximate surface area is 92.8 Å². The van der Waals surface area contributed by atoms with Crippen molar-refractivity contribution >= 4 is 16.7 Å². The molecule has 16 heavy (non-hydrogen) atoms. The average Bonchev–Trinajstić information content (AvgIpc) is 2.25. The van der Waals surface area contributed by atoms with Gasteiger partial charge in [-0.3, -0.25) is 9.35 Å². The van der Waals surface area contributed by atoms with Gasteiger partial charge in [0.15, 0.2) is 0 Å². The number of carbonyl (C=O) groups is 1. The standard InChI is InChI=1S/C9H10O6S/c1-14-9-3-2-7(5-10)8(4-9)6-15-16(11,12)13/h2-5H,6H2,1H3,(H,11,12,13). The van der Waals surface area contributed by atoms with Crippen molar-refractivity contribution in [2.24, 2.45) is 0 Å². The summed E-state index contributed by atoms with van der Waals surface area (Å²) >= 11 is 0. The van der Waals surface area contributed by atoms with Crippen molar-refractivity contribution in [2.75, 3.05) is 7.11 Å². The van der Waals surface area contributed by atoms with E-state index in [4.69, 9.17) is 9.29 Å². The minimum Gasteiger partial charge on any atom is -0.497 e. The molecule has 1 aromatic rings. The van der Waals surface area contributed by atoms with Gasteiger partial charge in [0.1, 0.15) is 12.0 Å². The van der Waals surface area contributed by atoms with Gasteiger partial charge in [0.05, 0.1) is 13.7 Å². The third-order valence-electron chi connectivity index (χ3n) is 1.84. The topological polar surface area (TPSA) is 89.9 Å². The summed E-state index contributed by atoms with van der Waals surface area (Å²) in [4.78, 5) is 10.6. The van der Waals surface area contributed by atoms with E-state index in [1.165, 1.54) is 19.2 Å². The van der Waals surface area contributed by atoms with Gasteiger partial charge in [-0.1, -0.05) is 0 Å². The highest BCUT2D eigenvalue weighted by atomic mass is 32.3. The van der Waals surface area contributed by atoms with Gasteiger partial charge in [-0.05, 0) is 23.8 Å². The molecule has 0 atom stereocenters. The van der Waals surface area contributed by atoms with Crippen LogP contribution in [-0.2, 0) is 21.2 Å². The highest BCUT2D eigenvalue weighted by Crippen LogP contribution is 2.17. The van der Waals surface area contributed by atoms with Gasteiger partial charge in [0.25, 0.3) is 0 Å². The summed E-state index contributed by atoms with van der Waals surface area (Å²) < 4.78 is 38.2. The number of benzene rings is 1. The molecule has 0 bridgehead atoms. The number of rotatable bonds is 5. The molecule has 88 valence electrons. The van der Waals surface area contributed by atoms with Gasteiger partial charge in [-0.25, -0.2) is 4.18 Å². The Balaban J connectivity index is 2.96. The van der Waals surface area contributed by atoms with Gasteiger partial charge in [-0.2, -0.15) is 8.42 Å². The second-order valence-corrected chi connectivity index (χ2v) is 3.96. The molecule has 0 spiro atoms. The van der Waals surface area contributed by atoms with Gasteiger partial charge in [0.2, 0.25) is 0 Å². The van der Waals surface area contributed by atoms with E-state index in [9.17, 15) is 13.2 Å². The Morgan fingerprint density at radius 1 is 1.44 bits per heavy atom. The van der Waals surface area contributed by atoms with Crippen LogP contribution in [-0.4, -0.2) is 26.4 Å². The first kappa shape index (κ1) is 12.6. The SMILES string of the molecule is COc1ccc(C=O)c(COS(=O)(=O)O)c1. The molecule has 0 aliphatic heterocycles. The van der Waals surface area contributed by atoms with Crippen molar-refractivity contribution in [1.29, 1.82) is 0 Å². The smallest absolute Gasteiger partial charge is 0.397 e. The van der Waals surface area contributed by atoms with Crippen LogP contribution in [0.25, 0.3) is 0 Å². The first-order chi connectivity index (χ1) is 7.46. The average molecular weight is 246 g/mol. The lowest BCUT2D eigenvalue weighted by molar-refractivity contribution is 0.112. The molecular formula is C9H10O6S. The first-order valence-corrected chi connectivity index (χ1v) is 5.56. The summed E-state index contributed by atoms with van der Waals surface area (Å²) in [5, 5.41) is 0. The summed E-state index contributed by atoms with van der Waals surface area (Å²) in [7, 11) is -3.09. The fraction of sp³-hybridized carbons (Fsp3) is 0.222. The molecule has 1 aromatic carbocycles. The molecule has 0 radical (unpaired) electrons. The second kappa shape index (κ2) is 5.06. The molecule has 0 aromatic heterocycles. The summed E-state index contributed by atoms with van der Waals surface area (Å²) in [6, 6.07) is 4.48. The van der Waals surface area contributed by atoms with Gasteiger partial charge >= 0.3 is 10.4 Å². The van der Waals surface area contributed by atoms with Crippen LogP contribution >= 0.6 is 0 Å². The molecular weight excluding hydrogens is 236 g/mol. The number of ether oxygens (including phenoxy) is 1. The zero-order chi connectivity index (χ0) is 12.2. The minimum absolute atomic E-state index is 0.268. The largest absolute Gasteiger partial charge is 0.497 e. The molecule has 7 heteroatoms. The van der Waals surface area contributed by atoms with Gasteiger partial charge in [0, 0.05) is 5.56 Å². The van der Waals surface area contributed by atoms with Gasteiger partial charge in [-0.15, -0.1) is 0 Å². The van der Waals surface area contributed by atoms with Crippen LogP contribution in [0.4, 0.5) is 0 Å². The van der Waals surface area contributed by atoms with Crippen LogP contribution in [0.5, 0.6) is 5.75 Å². The monoisotopic (exact) mass is 246 g/mol. The van der Waals surface area contributed by atoms with E-state index >= 15 is 0 Å². The van der Waals surface area contributed by atoms with Crippen molar-refractivity contribution in [3.05, 3.63) is 29.3 Å². The molecule has 0 fully saturated rings. The highest BCUT2D eigenvalue weighted by molar-refractivity contribution is 7.80. The summed E-state index contributed by atoms with van der Waals surface area (Å²) in [5.41, 5.74) is 0.580. The third-order valence-corrected chi connectivity index (χ3v) is 2.26. The van der Waals surface area contributed by atoms with Crippen LogP contribution in [0.1, 0.15) is 15.9 Å². The van der Waals surface area contributed by atoms with Crippen LogP contribution in [0.2, 0.25) is 0 Å². The number of methoxy groups -OCH3 is 1. The maximum absolute atomic E-state index is 10.6. The summed E-state index contributed by atoms with van der Waals surface area (Å²) in [5.74, 6) is 0.458. The molecule has 1 rings (SSSR count). The van der Waals surface area contributed by atoms with E-state index in [-0.39, 0.29) is 5.56 Å². The fourth-order valence-corrected chi connectivity index (χ4v) is 1.36. The number of hydrogen-bond donors (Lipinski definition) is 1. The van der Waals surface area contributed by atoms with E-state index in [1.54, 1.807) is 6.07 Å². The van der Waals surface area contributed by atoms with E-state index < -0.39 is 17.0 Å². The summed E-state index contributed by atoms with van der Waals surface area (Å²) in [6.07, 6.45) is 0.558. The molecule has 0 aliphatic carbocycles. The Kier molecular flexibility index (Phi) is 3.99. The van der Waals surface area contributed by atoms with Crippen molar-refractivity contribution in [3.8, 4) is 5.75 Å². The maximum atomic E-state index is 10.6. The molecule has 0 saturated heterocycles.